The lowest BCUT2D eigenvalue weighted by Gasteiger charge is -2.31. The molecule has 3 rings (SSSR count). The molecular weight excluding hydrogens is 434 g/mol. The number of nitrogens with one attached hydrogen (secondary N) is 1. The van der Waals surface area contributed by atoms with E-state index in [2.05, 4.69) is 5.32 Å². The maximum absolute atomic E-state index is 13.3. The Morgan fingerprint density at radius 1 is 1.09 bits per heavy atom. The Hall–Kier alpha value is -3.27. The van der Waals surface area contributed by atoms with Gasteiger partial charge in [-0.15, -0.1) is 0 Å². The highest BCUT2D eigenvalue weighted by Crippen LogP contribution is 2.36. The number of amides is 2. The Labute approximate surface area is 188 Å². The molecule has 0 aliphatic carbocycles. The van der Waals surface area contributed by atoms with Crippen LogP contribution >= 0.6 is 0 Å². The maximum Gasteiger partial charge on any atom is 0.244 e. The maximum atomic E-state index is 13.3. The Morgan fingerprint density at radius 2 is 1.75 bits per heavy atom. The van der Waals surface area contributed by atoms with Crippen LogP contribution in [0.2, 0.25) is 0 Å². The zero-order valence-corrected chi connectivity index (χ0v) is 19.3. The van der Waals surface area contributed by atoms with Crippen LogP contribution in [-0.2, 0) is 26.2 Å². The molecule has 0 unspecified atom stereocenters. The highest BCUT2D eigenvalue weighted by Gasteiger charge is 2.30. The molecule has 2 aromatic rings. The summed E-state index contributed by atoms with van der Waals surface area (Å²) in [7, 11) is -2.32. The lowest BCUT2D eigenvalue weighted by Crippen LogP contribution is -2.50. The molecule has 0 bridgehead atoms. The summed E-state index contributed by atoms with van der Waals surface area (Å²) in [5.74, 6) is 0.0471. The lowest BCUT2D eigenvalue weighted by molar-refractivity contribution is -0.139. The van der Waals surface area contributed by atoms with Gasteiger partial charge >= 0.3 is 0 Å². The van der Waals surface area contributed by atoms with Gasteiger partial charge in [-0.25, -0.2) is 8.42 Å². The number of sulfonamides is 1. The minimum Gasteiger partial charge on any atom is -0.454 e. The molecule has 172 valence electrons. The van der Waals surface area contributed by atoms with Gasteiger partial charge in [0.05, 0.1) is 11.9 Å². The van der Waals surface area contributed by atoms with Crippen LogP contribution in [-0.4, -0.2) is 57.8 Å². The summed E-state index contributed by atoms with van der Waals surface area (Å²) in [5, 5.41) is 2.54. The Kier molecular flexibility index (Phi) is 6.93. The van der Waals surface area contributed by atoms with E-state index >= 15 is 0 Å². The Balaban J connectivity index is 1.90. The minimum absolute atomic E-state index is 0.0462. The van der Waals surface area contributed by atoms with Gasteiger partial charge in [0.2, 0.25) is 28.6 Å². The number of hydrogen-bond acceptors (Lipinski definition) is 6. The molecule has 1 aliphatic rings. The third kappa shape index (κ3) is 5.31. The van der Waals surface area contributed by atoms with Crippen LogP contribution < -0.4 is 19.1 Å². The average Bonchev–Trinajstić information content (AvgIpc) is 3.23. The molecule has 2 amide bonds. The fourth-order valence-corrected chi connectivity index (χ4v) is 4.18. The molecule has 32 heavy (non-hydrogen) atoms. The first-order chi connectivity index (χ1) is 15.1. The predicted molar refractivity (Wildman–Crippen MR) is 120 cm³/mol. The van der Waals surface area contributed by atoms with Crippen molar-refractivity contribution >= 4 is 27.5 Å². The summed E-state index contributed by atoms with van der Waals surface area (Å²) in [5.41, 5.74) is 2.17. The molecule has 1 N–H and O–H groups in total. The highest BCUT2D eigenvalue weighted by atomic mass is 32.2. The number of hydrogen-bond donors (Lipinski definition) is 1. The van der Waals surface area contributed by atoms with E-state index < -0.39 is 28.5 Å². The lowest BCUT2D eigenvalue weighted by atomic mass is 10.1. The van der Waals surface area contributed by atoms with Crippen LogP contribution in [0.15, 0.2) is 42.5 Å². The molecule has 1 heterocycles. The Morgan fingerprint density at radius 3 is 2.38 bits per heavy atom. The van der Waals surface area contributed by atoms with Crippen molar-refractivity contribution in [3.8, 4) is 11.5 Å². The quantitative estimate of drug-likeness (QED) is 0.641. The number of benzene rings is 2. The fraction of sp³-hybridized carbons (Fsp3) is 0.364. The molecule has 2 aromatic carbocycles. The number of aryl methyl sites for hydroxylation is 1. The molecule has 0 fully saturated rings. The van der Waals surface area contributed by atoms with E-state index in [9.17, 15) is 18.0 Å². The molecule has 1 aliphatic heterocycles. The molecular formula is C22H27N3O6S. The zero-order valence-electron chi connectivity index (χ0n) is 18.5. The number of anilines is 1. The van der Waals surface area contributed by atoms with Crippen LogP contribution in [0.5, 0.6) is 11.5 Å². The number of carbonyl (C=O) groups excluding carboxylic acids is 2. The van der Waals surface area contributed by atoms with Crippen LogP contribution in [0.1, 0.15) is 18.1 Å². The zero-order chi connectivity index (χ0) is 23.5. The average molecular weight is 462 g/mol. The van der Waals surface area contributed by atoms with Crippen molar-refractivity contribution in [1.82, 2.24) is 10.2 Å². The van der Waals surface area contributed by atoms with E-state index in [0.29, 0.717) is 11.5 Å². The SMILES string of the molecule is CNC(=O)[C@H](C)N(Cc1ccc(C)cc1)C(=O)CN(c1ccc2c(c1)OCO2)S(C)(=O)=O. The number of fused-ring (bicyclic) bond motifs is 1. The van der Waals surface area contributed by atoms with E-state index in [-0.39, 0.29) is 24.9 Å². The van der Waals surface area contributed by atoms with Crippen molar-refractivity contribution in [2.75, 3.05) is 30.9 Å². The van der Waals surface area contributed by atoms with Gasteiger partial charge in [-0.05, 0) is 31.5 Å². The van der Waals surface area contributed by atoms with Gasteiger partial charge in [-0.1, -0.05) is 29.8 Å². The first-order valence-electron chi connectivity index (χ1n) is 10.0. The standard InChI is InChI=1S/C22H27N3O6S/c1-15-5-7-17(8-6-15)12-24(16(2)22(27)23-3)21(26)13-25(32(4,28)29)18-9-10-19-20(11-18)31-14-30-19/h5-11,16H,12-14H2,1-4H3,(H,23,27)/t16-/m0/s1. The Bertz CT molecular complexity index is 1100. The summed E-state index contributed by atoms with van der Waals surface area (Å²) >= 11 is 0. The normalized spacial score (nSPS) is 13.4. The van der Waals surface area contributed by atoms with Gasteiger partial charge in [0.15, 0.2) is 11.5 Å². The van der Waals surface area contributed by atoms with Crippen LogP contribution in [0, 0.1) is 6.92 Å². The molecule has 10 heteroatoms. The van der Waals surface area contributed by atoms with Gasteiger partial charge in [-0.2, -0.15) is 0 Å². The number of rotatable bonds is 8. The third-order valence-corrected chi connectivity index (χ3v) is 6.35. The topological polar surface area (TPSA) is 105 Å². The van der Waals surface area contributed by atoms with Crippen LogP contribution in [0.4, 0.5) is 5.69 Å². The van der Waals surface area contributed by atoms with Crippen molar-refractivity contribution in [2.24, 2.45) is 0 Å². The van der Waals surface area contributed by atoms with E-state index in [4.69, 9.17) is 9.47 Å². The molecule has 9 nitrogen and oxygen atoms in total. The van der Waals surface area contributed by atoms with Gasteiger partial charge < -0.3 is 19.7 Å². The van der Waals surface area contributed by atoms with Crippen LogP contribution in [0.25, 0.3) is 0 Å². The van der Waals surface area contributed by atoms with Crippen LogP contribution in [0.3, 0.4) is 0 Å². The molecule has 0 aromatic heterocycles. The minimum atomic E-state index is -3.81. The second kappa shape index (κ2) is 9.47. The molecule has 0 saturated carbocycles. The van der Waals surface area contributed by atoms with Crippen molar-refractivity contribution < 1.29 is 27.5 Å². The van der Waals surface area contributed by atoms with Crippen molar-refractivity contribution in [2.45, 2.75) is 26.4 Å². The summed E-state index contributed by atoms with van der Waals surface area (Å²) in [6.07, 6.45) is 1.03. The number of likely N-dealkylation sites (N-methyl/N-ethyl adjacent to an activating group) is 1. The highest BCUT2D eigenvalue weighted by molar-refractivity contribution is 7.92. The molecule has 1 atom stereocenters. The second-order valence-corrected chi connectivity index (χ2v) is 9.51. The second-order valence-electron chi connectivity index (χ2n) is 7.60. The smallest absolute Gasteiger partial charge is 0.244 e. The number of ether oxygens (including phenoxy) is 2. The van der Waals surface area contributed by atoms with Crippen molar-refractivity contribution in [3.05, 3.63) is 53.6 Å². The van der Waals surface area contributed by atoms with Crippen molar-refractivity contribution in [1.29, 1.82) is 0 Å². The van der Waals surface area contributed by atoms with E-state index in [1.807, 2.05) is 31.2 Å². The van der Waals surface area contributed by atoms with Gasteiger partial charge in [0, 0.05) is 19.7 Å². The monoisotopic (exact) mass is 461 g/mol. The first-order valence-corrected chi connectivity index (χ1v) is 11.9. The third-order valence-electron chi connectivity index (χ3n) is 5.21. The molecule has 0 spiro atoms. The molecule has 0 radical (unpaired) electrons. The summed E-state index contributed by atoms with van der Waals surface area (Å²) in [4.78, 5) is 27.0. The van der Waals surface area contributed by atoms with E-state index in [1.165, 1.54) is 18.0 Å². The predicted octanol–water partition coefficient (Wildman–Crippen LogP) is 1.65. The van der Waals surface area contributed by atoms with E-state index in [0.717, 1.165) is 21.7 Å². The largest absolute Gasteiger partial charge is 0.454 e. The molecule has 0 saturated heterocycles. The number of nitrogens with zero attached hydrogens (tertiary/aromatic N) is 2. The first kappa shape index (κ1) is 23.4. The fourth-order valence-electron chi connectivity index (χ4n) is 3.34. The van der Waals surface area contributed by atoms with Crippen molar-refractivity contribution in [3.63, 3.8) is 0 Å². The summed E-state index contributed by atoms with van der Waals surface area (Å²) in [6, 6.07) is 11.4. The van der Waals surface area contributed by atoms with E-state index in [1.54, 1.807) is 19.1 Å². The number of carbonyl (C=O) groups is 2. The van der Waals surface area contributed by atoms with Gasteiger partial charge in [-0.3, -0.25) is 13.9 Å². The van der Waals surface area contributed by atoms with Gasteiger partial charge in [0.25, 0.3) is 0 Å². The summed E-state index contributed by atoms with van der Waals surface area (Å²) < 4.78 is 36.7. The summed E-state index contributed by atoms with van der Waals surface area (Å²) in [6.45, 7) is 3.30. The van der Waals surface area contributed by atoms with Gasteiger partial charge in [0.1, 0.15) is 12.6 Å².